The monoisotopic (exact) mass is 434 g/mol. The van der Waals surface area contributed by atoms with E-state index in [1.807, 2.05) is 19.2 Å². The molecule has 158 valence electrons. The van der Waals surface area contributed by atoms with Gasteiger partial charge >= 0.3 is 6.18 Å². The Morgan fingerprint density at radius 3 is 2.21 bits per heavy atom. The molecule has 0 fully saturated rings. The van der Waals surface area contributed by atoms with Crippen LogP contribution in [0.2, 0.25) is 0 Å². The minimum atomic E-state index is -4.95. The van der Waals surface area contributed by atoms with Crippen molar-refractivity contribution in [2.24, 2.45) is 0 Å². The lowest BCUT2D eigenvalue weighted by Crippen LogP contribution is -2.27. The lowest BCUT2D eigenvalue weighted by molar-refractivity contribution is -0.140. The highest BCUT2D eigenvalue weighted by Crippen LogP contribution is 2.33. The van der Waals surface area contributed by atoms with E-state index < -0.39 is 39.2 Å². The van der Waals surface area contributed by atoms with Gasteiger partial charge in [-0.3, -0.25) is 9.52 Å². The minimum Gasteiger partial charge on any atom is -0.491 e. The van der Waals surface area contributed by atoms with Crippen LogP contribution < -0.4 is 14.8 Å². The van der Waals surface area contributed by atoms with Crippen LogP contribution >= 0.6 is 0 Å². The van der Waals surface area contributed by atoms with E-state index in [0.717, 1.165) is 6.07 Å². The molecule has 0 aliphatic carbocycles. The molecule has 0 aliphatic rings. The van der Waals surface area contributed by atoms with Crippen LogP contribution in [0.5, 0.6) is 5.75 Å². The Morgan fingerprint density at radius 1 is 1.07 bits per heavy atom. The Morgan fingerprint density at radius 2 is 1.66 bits per heavy atom. The van der Waals surface area contributed by atoms with Crippen molar-refractivity contribution >= 4 is 27.3 Å². The molecule has 0 saturated heterocycles. The molecule has 0 unspecified atom stereocenters. The third kappa shape index (κ3) is 6.93. The molecule has 0 saturated carbocycles. The largest absolute Gasteiger partial charge is 0.491 e. The number of sulfonamides is 1. The second-order valence-corrected chi connectivity index (χ2v) is 8.01. The van der Waals surface area contributed by atoms with E-state index in [1.54, 1.807) is 0 Å². The predicted octanol–water partition coefficient (Wildman–Crippen LogP) is 4.01. The van der Waals surface area contributed by atoms with E-state index in [-0.39, 0.29) is 17.5 Å². The average molecular weight is 434 g/mol. The van der Waals surface area contributed by atoms with Crippen LogP contribution in [0.25, 0.3) is 0 Å². The van der Waals surface area contributed by atoms with Crippen molar-refractivity contribution in [2.45, 2.75) is 26.1 Å². The number of alkyl halides is 3. The summed E-state index contributed by atoms with van der Waals surface area (Å²) in [6, 6.07) is 7.76. The predicted molar refractivity (Wildman–Crippen MR) is 99.6 cm³/mol. The highest BCUT2D eigenvalue weighted by atomic mass is 32.2. The molecule has 1 amide bonds. The van der Waals surface area contributed by atoms with Gasteiger partial charge < -0.3 is 10.1 Å². The van der Waals surface area contributed by atoms with Gasteiger partial charge in [0, 0.05) is 11.4 Å². The highest BCUT2D eigenvalue weighted by molar-refractivity contribution is 7.93. The van der Waals surface area contributed by atoms with Crippen molar-refractivity contribution in [2.75, 3.05) is 15.8 Å². The summed E-state index contributed by atoms with van der Waals surface area (Å²) >= 11 is 0. The molecule has 2 N–H and O–H groups in total. The normalized spacial score (nSPS) is 12.0. The van der Waals surface area contributed by atoms with Crippen LogP contribution in [0.3, 0.4) is 0 Å². The molecule has 0 heterocycles. The van der Waals surface area contributed by atoms with Gasteiger partial charge in [-0.15, -0.1) is 0 Å². The summed E-state index contributed by atoms with van der Waals surface area (Å²) in [5.74, 6) is -3.11. The van der Waals surface area contributed by atoms with Crippen LogP contribution in [0.15, 0.2) is 42.5 Å². The molecule has 6 nitrogen and oxygen atoms in total. The zero-order valence-electron chi connectivity index (χ0n) is 15.4. The second kappa shape index (κ2) is 8.68. The number of carbonyl (C=O) groups excluding carboxylic acids is 1. The van der Waals surface area contributed by atoms with E-state index in [4.69, 9.17) is 4.74 Å². The van der Waals surface area contributed by atoms with E-state index in [2.05, 4.69) is 4.72 Å². The maximum atomic E-state index is 13.3. The van der Waals surface area contributed by atoms with Crippen molar-refractivity contribution in [3.05, 3.63) is 53.8 Å². The first kappa shape index (κ1) is 22.5. The number of ether oxygens (including phenoxy) is 1. The standard InChI is InChI=1S/C18H18F4N2O4S/c1-11(2)28-14-6-3-12(4-7-14)24-29(26,27)10-17(25)23-13-5-8-16(19)15(9-13)18(20,21)22/h3-9,11,24H,10H2,1-2H3,(H,23,25). The molecule has 2 aromatic rings. The highest BCUT2D eigenvalue weighted by Gasteiger charge is 2.34. The number of anilines is 2. The van der Waals surface area contributed by atoms with E-state index >= 15 is 0 Å². The lowest BCUT2D eigenvalue weighted by atomic mass is 10.2. The van der Waals surface area contributed by atoms with Gasteiger partial charge in [0.2, 0.25) is 15.9 Å². The van der Waals surface area contributed by atoms with Crippen LogP contribution in [0, 0.1) is 5.82 Å². The molecule has 0 bridgehead atoms. The zero-order chi connectivity index (χ0) is 21.8. The summed E-state index contributed by atoms with van der Waals surface area (Å²) in [7, 11) is -4.14. The topological polar surface area (TPSA) is 84.5 Å². The van der Waals surface area contributed by atoms with Crippen molar-refractivity contribution in [3.63, 3.8) is 0 Å². The van der Waals surface area contributed by atoms with Gasteiger partial charge in [0.05, 0.1) is 11.7 Å². The number of rotatable bonds is 7. The van der Waals surface area contributed by atoms with E-state index in [1.165, 1.54) is 24.3 Å². The quantitative estimate of drug-likeness (QED) is 0.645. The summed E-state index contributed by atoms with van der Waals surface area (Å²) in [6.45, 7) is 3.65. The smallest absolute Gasteiger partial charge is 0.419 e. The molecule has 0 aromatic heterocycles. The van der Waals surface area contributed by atoms with Crippen molar-refractivity contribution in [1.29, 1.82) is 0 Å². The van der Waals surface area contributed by atoms with E-state index in [9.17, 15) is 30.8 Å². The van der Waals surface area contributed by atoms with Gasteiger partial charge in [0.1, 0.15) is 17.3 Å². The first-order chi connectivity index (χ1) is 13.4. The fourth-order valence-corrected chi connectivity index (χ4v) is 3.26. The van der Waals surface area contributed by atoms with Crippen molar-refractivity contribution in [1.82, 2.24) is 0 Å². The number of nitrogens with one attached hydrogen (secondary N) is 2. The third-order valence-electron chi connectivity index (χ3n) is 3.38. The summed E-state index contributed by atoms with van der Waals surface area (Å²) in [6.07, 6.45) is -5.02. The zero-order valence-corrected chi connectivity index (χ0v) is 16.2. The maximum Gasteiger partial charge on any atom is 0.419 e. The van der Waals surface area contributed by atoms with Crippen LogP contribution in [-0.2, 0) is 21.0 Å². The molecule has 0 radical (unpaired) electrons. The fraction of sp³-hybridized carbons (Fsp3) is 0.278. The van der Waals surface area contributed by atoms with Gasteiger partial charge in [-0.05, 0) is 56.3 Å². The number of carbonyl (C=O) groups is 1. The average Bonchev–Trinajstić information content (AvgIpc) is 2.56. The van der Waals surface area contributed by atoms with Gasteiger partial charge in [0.15, 0.2) is 0 Å². The minimum absolute atomic E-state index is 0.0643. The first-order valence-electron chi connectivity index (χ1n) is 8.29. The Hall–Kier alpha value is -2.82. The Bertz CT molecular complexity index is 974. The number of benzene rings is 2. The molecular weight excluding hydrogens is 416 g/mol. The number of amides is 1. The molecule has 0 aliphatic heterocycles. The fourth-order valence-electron chi connectivity index (χ4n) is 2.28. The number of halogens is 4. The SMILES string of the molecule is CC(C)Oc1ccc(NS(=O)(=O)CC(=O)Nc2ccc(F)c(C(F)(F)F)c2)cc1. The van der Waals surface area contributed by atoms with Crippen molar-refractivity contribution in [3.8, 4) is 5.75 Å². The molecule has 2 rings (SSSR count). The molecule has 29 heavy (non-hydrogen) atoms. The Kier molecular flexibility index (Phi) is 6.73. The van der Waals surface area contributed by atoms with Crippen LogP contribution in [-0.4, -0.2) is 26.2 Å². The van der Waals surface area contributed by atoms with Gasteiger partial charge in [-0.2, -0.15) is 13.2 Å². The molecular formula is C18H18F4N2O4S. The first-order valence-corrected chi connectivity index (χ1v) is 9.95. The Labute approximate surface area is 164 Å². The molecule has 11 heteroatoms. The summed E-state index contributed by atoms with van der Waals surface area (Å²) < 4.78 is 83.2. The Balaban J connectivity index is 2.02. The lowest BCUT2D eigenvalue weighted by Gasteiger charge is -2.12. The van der Waals surface area contributed by atoms with Crippen molar-refractivity contribution < 1.29 is 35.5 Å². The molecule has 0 atom stereocenters. The van der Waals surface area contributed by atoms with Crippen LogP contribution in [0.4, 0.5) is 28.9 Å². The van der Waals surface area contributed by atoms with Crippen LogP contribution in [0.1, 0.15) is 19.4 Å². The molecule has 2 aromatic carbocycles. The van der Waals surface area contributed by atoms with Gasteiger partial charge in [0.25, 0.3) is 0 Å². The molecule has 0 spiro atoms. The maximum absolute atomic E-state index is 13.3. The summed E-state index contributed by atoms with van der Waals surface area (Å²) in [5.41, 5.74) is -1.77. The number of hydrogen-bond donors (Lipinski definition) is 2. The summed E-state index contributed by atoms with van der Waals surface area (Å²) in [5, 5.41) is 2.01. The summed E-state index contributed by atoms with van der Waals surface area (Å²) in [4.78, 5) is 11.9. The number of hydrogen-bond acceptors (Lipinski definition) is 4. The third-order valence-corrected chi connectivity index (χ3v) is 4.57. The second-order valence-electron chi connectivity index (χ2n) is 6.29. The van der Waals surface area contributed by atoms with Gasteiger partial charge in [-0.25, -0.2) is 12.8 Å². The van der Waals surface area contributed by atoms with Gasteiger partial charge in [-0.1, -0.05) is 0 Å². The van der Waals surface area contributed by atoms with E-state index in [0.29, 0.717) is 17.9 Å².